The Morgan fingerprint density at radius 2 is 2.25 bits per heavy atom. The molecule has 0 aromatic rings. The van der Waals surface area contributed by atoms with Crippen molar-refractivity contribution in [3.8, 4) is 0 Å². The highest BCUT2D eigenvalue weighted by atomic mass is 19.1. The van der Waals surface area contributed by atoms with Crippen molar-refractivity contribution >= 4 is 6.29 Å². The third kappa shape index (κ3) is 2.05. The standard InChI is InChI=1S/C6H11FO/c1-3-5(2)6(7)4-8/h4-6H,3H2,1-2H3. The van der Waals surface area contributed by atoms with Crippen molar-refractivity contribution in [2.24, 2.45) is 5.92 Å². The van der Waals surface area contributed by atoms with Crippen LogP contribution in [-0.2, 0) is 4.79 Å². The second kappa shape index (κ2) is 3.58. The zero-order valence-corrected chi connectivity index (χ0v) is 5.23. The molecule has 1 nitrogen and oxygen atoms in total. The van der Waals surface area contributed by atoms with Crippen molar-refractivity contribution in [3.05, 3.63) is 0 Å². The van der Waals surface area contributed by atoms with E-state index in [1.54, 1.807) is 6.92 Å². The minimum atomic E-state index is -1.26. The van der Waals surface area contributed by atoms with Crippen molar-refractivity contribution in [1.82, 2.24) is 0 Å². The van der Waals surface area contributed by atoms with Gasteiger partial charge in [0.05, 0.1) is 0 Å². The van der Waals surface area contributed by atoms with E-state index in [1.165, 1.54) is 0 Å². The molecule has 2 heteroatoms. The summed E-state index contributed by atoms with van der Waals surface area (Å²) in [6.07, 6.45) is -0.186. The molecule has 48 valence electrons. The van der Waals surface area contributed by atoms with Gasteiger partial charge in [-0.3, -0.25) is 0 Å². The van der Waals surface area contributed by atoms with Crippen LogP contribution in [0.2, 0.25) is 0 Å². The maximum Gasteiger partial charge on any atom is 0.158 e. The van der Waals surface area contributed by atoms with Gasteiger partial charge in [-0.15, -0.1) is 0 Å². The number of rotatable bonds is 3. The number of halogens is 1. The molecule has 2 unspecified atom stereocenters. The average molecular weight is 118 g/mol. The van der Waals surface area contributed by atoms with Gasteiger partial charge < -0.3 is 4.79 Å². The average Bonchev–Trinajstić information content (AvgIpc) is 1.84. The lowest BCUT2D eigenvalue weighted by atomic mass is 10.1. The SMILES string of the molecule is CCC(C)C(F)C=O. The third-order valence-electron chi connectivity index (χ3n) is 1.32. The van der Waals surface area contributed by atoms with E-state index in [-0.39, 0.29) is 5.92 Å². The van der Waals surface area contributed by atoms with Gasteiger partial charge in [-0.1, -0.05) is 20.3 Å². The summed E-state index contributed by atoms with van der Waals surface area (Å²) in [5, 5.41) is 0. The Morgan fingerprint density at radius 1 is 1.75 bits per heavy atom. The molecule has 0 N–H and O–H groups in total. The van der Waals surface area contributed by atoms with Gasteiger partial charge in [0.15, 0.2) is 12.5 Å². The van der Waals surface area contributed by atoms with Crippen LogP contribution in [0.1, 0.15) is 20.3 Å². The monoisotopic (exact) mass is 118 g/mol. The lowest BCUT2D eigenvalue weighted by molar-refractivity contribution is -0.113. The molecule has 0 saturated carbocycles. The van der Waals surface area contributed by atoms with Crippen molar-refractivity contribution in [2.45, 2.75) is 26.4 Å². The predicted molar refractivity (Wildman–Crippen MR) is 30.4 cm³/mol. The molecule has 0 aromatic carbocycles. The van der Waals surface area contributed by atoms with E-state index >= 15 is 0 Å². The van der Waals surface area contributed by atoms with Crippen LogP contribution in [0.25, 0.3) is 0 Å². The number of carbonyl (C=O) groups is 1. The van der Waals surface area contributed by atoms with Gasteiger partial charge in [0.1, 0.15) is 0 Å². The topological polar surface area (TPSA) is 17.1 Å². The minimum absolute atomic E-state index is 0.118. The van der Waals surface area contributed by atoms with Gasteiger partial charge in [0, 0.05) is 0 Å². The molecule has 0 heterocycles. The lowest BCUT2D eigenvalue weighted by Crippen LogP contribution is -2.12. The summed E-state index contributed by atoms with van der Waals surface area (Å²) >= 11 is 0. The maximum atomic E-state index is 12.2. The summed E-state index contributed by atoms with van der Waals surface area (Å²) in [4.78, 5) is 9.73. The van der Waals surface area contributed by atoms with E-state index in [9.17, 15) is 9.18 Å². The quantitative estimate of drug-likeness (QED) is 0.514. The number of carbonyl (C=O) groups excluding carboxylic acids is 1. The van der Waals surface area contributed by atoms with Crippen molar-refractivity contribution in [3.63, 3.8) is 0 Å². The highest BCUT2D eigenvalue weighted by molar-refractivity contribution is 5.56. The molecule has 0 spiro atoms. The molecular formula is C6H11FO. The number of hydrogen-bond donors (Lipinski definition) is 0. The fraction of sp³-hybridized carbons (Fsp3) is 0.833. The smallest absolute Gasteiger partial charge is 0.158 e. The molecular weight excluding hydrogens is 107 g/mol. The first-order valence-corrected chi connectivity index (χ1v) is 2.81. The van der Waals surface area contributed by atoms with E-state index in [2.05, 4.69) is 0 Å². The molecule has 0 rings (SSSR count). The molecule has 0 aliphatic heterocycles. The number of alkyl halides is 1. The predicted octanol–water partition coefficient (Wildman–Crippen LogP) is 1.57. The van der Waals surface area contributed by atoms with Crippen LogP contribution in [0.3, 0.4) is 0 Å². The Labute approximate surface area is 48.9 Å². The molecule has 8 heavy (non-hydrogen) atoms. The van der Waals surface area contributed by atoms with Gasteiger partial charge in [-0.25, -0.2) is 4.39 Å². The Kier molecular flexibility index (Phi) is 3.40. The first kappa shape index (κ1) is 7.60. The van der Waals surface area contributed by atoms with E-state index in [0.29, 0.717) is 6.29 Å². The van der Waals surface area contributed by atoms with Gasteiger partial charge in [0.2, 0.25) is 0 Å². The summed E-state index contributed by atoms with van der Waals surface area (Å²) in [6.45, 7) is 3.58. The zero-order valence-electron chi connectivity index (χ0n) is 5.23. The van der Waals surface area contributed by atoms with Crippen LogP contribution < -0.4 is 0 Å². The second-order valence-corrected chi connectivity index (χ2v) is 1.97. The fourth-order valence-corrected chi connectivity index (χ4v) is 0.359. The van der Waals surface area contributed by atoms with Gasteiger partial charge in [-0.2, -0.15) is 0 Å². The molecule has 0 fully saturated rings. The van der Waals surface area contributed by atoms with Crippen LogP contribution in [0, 0.1) is 5.92 Å². The van der Waals surface area contributed by atoms with Gasteiger partial charge in [-0.05, 0) is 5.92 Å². The lowest BCUT2D eigenvalue weighted by Gasteiger charge is -2.05. The van der Waals surface area contributed by atoms with Crippen molar-refractivity contribution in [1.29, 1.82) is 0 Å². The first-order chi connectivity index (χ1) is 3.72. The van der Waals surface area contributed by atoms with Crippen molar-refractivity contribution < 1.29 is 9.18 Å². The third-order valence-corrected chi connectivity index (χ3v) is 1.32. The first-order valence-electron chi connectivity index (χ1n) is 2.81. The second-order valence-electron chi connectivity index (χ2n) is 1.97. The molecule has 0 bridgehead atoms. The fourth-order valence-electron chi connectivity index (χ4n) is 0.359. The minimum Gasteiger partial charge on any atom is -0.300 e. The van der Waals surface area contributed by atoms with Crippen LogP contribution in [0.15, 0.2) is 0 Å². The highest BCUT2D eigenvalue weighted by Gasteiger charge is 2.11. The van der Waals surface area contributed by atoms with Crippen LogP contribution in [0.4, 0.5) is 4.39 Å². The summed E-state index contributed by atoms with van der Waals surface area (Å²) in [5.41, 5.74) is 0. The summed E-state index contributed by atoms with van der Waals surface area (Å²) < 4.78 is 12.2. The molecule has 0 radical (unpaired) electrons. The number of hydrogen-bond acceptors (Lipinski definition) is 1. The van der Waals surface area contributed by atoms with E-state index in [4.69, 9.17) is 0 Å². The number of aldehydes is 1. The Hall–Kier alpha value is -0.400. The Balaban J connectivity index is 3.44. The molecule has 0 aliphatic rings. The zero-order chi connectivity index (χ0) is 6.57. The van der Waals surface area contributed by atoms with Gasteiger partial charge in [0.25, 0.3) is 0 Å². The normalized spacial score (nSPS) is 17.4. The Bertz CT molecular complexity index is 72.9. The maximum absolute atomic E-state index is 12.2. The highest BCUT2D eigenvalue weighted by Crippen LogP contribution is 2.07. The molecule has 0 aromatic heterocycles. The molecule has 2 atom stereocenters. The van der Waals surface area contributed by atoms with Crippen molar-refractivity contribution in [2.75, 3.05) is 0 Å². The van der Waals surface area contributed by atoms with E-state index in [0.717, 1.165) is 6.42 Å². The Morgan fingerprint density at radius 3 is 2.38 bits per heavy atom. The largest absolute Gasteiger partial charge is 0.300 e. The van der Waals surface area contributed by atoms with E-state index < -0.39 is 6.17 Å². The summed E-state index contributed by atoms with van der Waals surface area (Å²) in [7, 11) is 0. The molecule has 0 amide bonds. The van der Waals surface area contributed by atoms with Crippen LogP contribution >= 0.6 is 0 Å². The van der Waals surface area contributed by atoms with E-state index in [1.807, 2.05) is 6.92 Å². The molecule has 0 saturated heterocycles. The summed E-state index contributed by atoms with van der Waals surface area (Å²) in [6, 6.07) is 0. The van der Waals surface area contributed by atoms with Crippen LogP contribution in [0.5, 0.6) is 0 Å². The van der Waals surface area contributed by atoms with Crippen LogP contribution in [-0.4, -0.2) is 12.5 Å². The molecule has 0 aliphatic carbocycles. The van der Waals surface area contributed by atoms with Gasteiger partial charge >= 0.3 is 0 Å². The summed E-state index contributed by atoms with van der Waals surface area (Å²) in [5.74, 6) is -0.118.